The monoisotopic (exact) mass is 292 g/mol. The lowest BCUT2D eigenvalue weighted by Gasteiger charge is -2.19. The second-order valence-corrected chi connectivity index (χ2v) is 6.08. The van der Waals surface area contributed by atoms with Crippen LogP contribution in [-0.4, -0.2) is 12.1 Å². The van der Waals surface area contributed by atoms with E-state index in [9.17, 15) is 4.39 Å². The lowest BCUT2D eigenvalue weighted by molar-refractivity contribution is 0.413. The summed E-state index contributed by atoms with van der Waals surface area (Å²) in [6.07, 6.45) is 4.17. The zero-order chi connectivity index (χ0) is 14.2. The molecule has 106 valence electrons. The molecule has 1 fully saturated rings. The molecule has 3 rings (SSSR count). The average Bonchev–Trinajstić information content (AvgIpc) is 3.08. The fourth-order valence-electron chi connectivity index (χ4n) is 2.76. The number of aromatic nitrogens is 1. The number of methoxy groups -OCH3 is 1. The van der Waals surface area contributed by atoms with E-state index in [1.165, 1.54) is 24.5 Å². The molecule has 1 aromatic carbocycles. The van der Waals surface area contributed by atoms with Gasteiger partial charge in [-0.2, -0.15) is 0 Å². The Bertz CT molecular complexity index is 620. The number of benzene rings is 1. The first kappa shape index (κ1) is 13.5. The smallest absolute Gasteiger partial charge is 0.136 e. The molecule has 2 aromatic rings. The topological polar surface area (TPSA) is 48.1 Å². The molecule has 1 saturated carbocycles. The number of thiazole rings is 1. The van der Waals surface area contributed by atoms with Crippen LogP contribution in [0.25, 0.3) is 11.3 Å². The molecule has 0 aliphatic heterocycles. The van der Waals surface area contributed by atoms with Crippen molar-refractivity contribution in [1.29, 1.82) is 0 Å². The Balaban J connectivity index is 2.02. The molecule has 0 amide bonds. The summed E-state index contributed by atoms with van der Waals surface area (Å²) in [5, 5.41) is 2.76. The van der Waals surface area contributed by atoms with Gasteiger partial charge in [-0.25, -0.2) is 9.37 Å². The SMILES string of the molecule is COc1cccc(F)c1-c1csc(C2(N)CCCC2)n1. The maximum absolute atomic E-state index is 14.1. The third kappa shape index (κ3) is 2.21. The molecule has 0 saturated heterocycles. The number of ether oxygens (including phenoxy) is 1. The molecule has 3 nitrogen and oxygen atoms in total. The maximum Gasteiger partial charge on any atom is 0.136 e. The largest absolute Gasteiger partial charge is 0.496 e. The molecule has 0 bridgehead atoms. The summed E-state index contributed by atoms with van der Waals surface area (Å²) in [6.45, 7) is 0. The van der Waals surface area contributed by atoms with Gasteiger partial charge in [-0.15, -0.1) is 11.3 Å². The van der Waals surface area contributed by atoms with Crippen LogP contribution in [0.1, 0.15) is 30.7 Å². The van der Waals surface area contributed by atoms with Gasteiger partial charge in [0.25, 0.3) is 0 Å². The summed E-state index contributed by atoms with van der Waals surface area (Å²) in [5.74, 6) is 0.179. The van der Waals surface area contributed by atoms with Crippen LogP contribution in [-0.2, 0) is 5.54 Å². The molecule has 1 aliphatic rings. The first-order chi connectivity index (χ1) is 9.64. The normalized spacial score (nSPS) is 17.4. The Kier molecular flexibility index (Phi) is 3.48. The minimum Gasteiger partial charge on any atom is -0.496 e. The molecule has 5 heteroatoms. The first-order valence-corrected chi connectivity index (χ1v) is 7.60. The zero-order valence-corrected chi connectivity index (χ0v) is 12.2. The highest BCUT2D eigenvalue weighted by Crippen LogP contribution is 2.40. The van der Waals surface area contributed by atoms with E-state index in [4.69, 9.17) is 10.5 Å². The van der Waals surface area contributed by atoms with E-state index >= 15 is 0 Å². The van der Waals surface area contributed by atoms with Gasteiger partial charge in [0.15, 0.2) is 0 Å². The van der Waals surface area contributed by atoms with Crippen molar-refractivity contribution < 1.29 is 9.13 Å². The van der Waals surface area contributed by atoms with E-state index in [0.29, 0.717) is 17.0 Å². The second-order valence-electron chi connectivity index (χ2n) is 5.22. The van der Waals surface area contributed by atoms with Gasteiger partial charge in [0.1, 0.15) is 16.6 Å². The average molecular weight is 292 g/mol. The molecular formula is C15H17FN2OS. The van der Waals surface area contributed by atoms with Crippen LogP contribution < -0.4 is 10.5 Å². The number of hydrogen-bond acceptors (Lipinski definition) is 4. The predicted molar refractivity (Wildman–Crippen MR) is 78.4 cm³/mol. The summed E-state index contributed by atoms with van der Waals surface area (Å²) in [4.78, 5) is 4.58. The fraction of sp³-hybridized carbons (Fsp3) is 0.400. The summed E-state index contributed by atoms with van der Waals surface area (Å²) >= 11 is 1.51. The number of hydrogen-bond donors (Lipinski definition) is 1. The minimum atomic E-state index is -0.332. The van der Waals surface area contributed by atoms with Crippen molar-refractivity contribution in [2.24, 2.45) is 5.73 Å². The number of halogens is 1. The van der Waals surface area contributed by atoms with Gasteiger partial charge in [-0.3, -0.25) is 0 Å². The molecule has 0 atom stereocenters. The first-order valence-electron chi connectivity index (χ1n) is 6.72. The third-order valence-electron chi connectivity index (χ3n) is 3.88. The van der Waals surface area contributed by atoms with Crippen LogP contribution >= 0.6 is 11.3 Å². The van der Waals surface area contributed by atoms with Gasteiger partial charge in [-0.1, -0.05) is 18.9 Å². The minimum absolute atomic E-state index is 0.321. The molecule has 0 spiro atoms. The highest BCUT2D eigenvalue weighted by atomic mass is 32.1. The van der Waals surface area contributed by atoms with Crippen molar-refractivity contribution in [3.8, 4) is 17.0 Å². The standard InChI is InChI=1S/C15H17FN2OS/c1-19-12-6-4-5-10(16)13(12)11-9-20-14(18-11)15(17)7-2-3-8-15/h4-6,9H,2-3,7-8,17H2,1H3. The number of rotatable bonds is 3. The molecule has 2 N–H and O–H groups in total. The molecule has 1 aromatic heterocycles. The highest BCUT2D eigenvalue weighted by molar-refractivity contribution is 7.10. The van der Waals surface area contributed by atoms with Gasteiger partial charge in [0, 0.05) is 5.38 Å². The number of nitrogens with zero attached hydrogens (tertiary/aromatic N) is 1. The van der Waals surface area contributed by atoms with Crippen molar-refractivity contribution >= 4 is 11.3 Å². The van der Waals surface area contributed by atoms with E-state index in [2.05, 4.69) is 4.98 Å². The molecule has 20 heavy (non-hydrogen) atoms. The highest BCUT2D eigenvalue weighted by Gasteiger charge is 2.34. The Morgan fingerprint density at radius 2 is 2.10 bits per heavy atom. The lowest BCUT2D eigenvalue weighted by Crippen LogP contribution is -2.32. The molecule has 0 radical (unpaired) electrons. The third-order valence-corrected chi connectivity index (χ3v) is 4.94. The summed E-state index contributed by atoms with van der Waals surface area (Å²) in [7, 11) is 1.53. The Morgan fingerprint density at radius 3 is 2.80 bits per heavy atom. The molecule has 1 heterocycles. The Labute approximate surface area is 121 Å². The lowest BCUT2D eigenvalue weighted by atomic mass is 10.0. The summed E-state index contributed by atoms with van der Waals surface area (Å²) in [5.41, 5.74) is 7.10. The van der Waals surface area contributed by atoms with Crippen LogP contribution in [0.3, 0.4) is 0 Å². The predicted octanol–water partition coefficient (Wildman–Crippen LogP) is 3.69. The van der Waals surface area contributed by atoms with Crippen LogP contribution in [0.5, 0.6) is 5.75 Å². The quantitative estimate of drug-likeness (QED) is 0.938. The fourth-order valence-corrected chi connectivity index (χ4v) is 3.74. The van der Waals surface area contributed by atoms with E-state index in [0.717, 1.165) is 30.7 Å². The van der Waals surface area contributed by atoms with E-state index < -0.39 is 0 Å². The van der Waals surface area contributed by atoms with Crippen molar-refractivity contribution in [2.45, 2.75) is 31.2 Å². The molecule has 0 unspecified atom stereocenters. The van der Waals surface area contributed by atoms with Crippen LogP contribution in [0.15, 0.2) is 23.6 Å². The van der Waals surface area contributed by atoms with Crippen molar-refractivity contribution in [3.05, 3.63) is 34.4 Å². The van der Waals surface area contributed by atoms with Gasteiger partial charge in [0.2, 0.25) is 0 Å². The van der Waals surface area contributed by atoms with Crippen molar-refractivity contribution in [2.75, 3.05) is 7.11 Å². The van der Waals surface area contributed by atoms with Gasteiger partial charge in [-0.05, 0) is 25.0 Å². The summed E-state index contributed by atoms with van der Waals surface area (Å²) in [6, 6.07) is 4.79. The molecular weight excluding hydrogens is 275 g/mol. The van der Waals surface area contributed by atoms with E-state index in [-0.39, 0.29) is 11.4 Å². The van der Waals surface area contributed by atoms with Gasteiger partial charge in [0.05, 0.1) is 23.9 Å². The van der Waals surface area contributed by atoms with Crippen molar-refractivity contribution in [1.82, 2.24) is 4.98 Å². The van der Waals surface area contributed by atoms with E-state index in [1.807, 2.05) is 5.38 Å². The Hall–Kier alpha value is -1.46. The van der Waals surface area contributed by atoms with Crippen molar-refractivity contribution in [3.63, 3.8) is 0 Å². The van der Waals surface area contributed by atoms with Gasteiger partial charge < -0.3 is 10.5 Å². The summed E-state index contributed by atoms with van der Waals surface area (Å²) < 4.78 is 19.3. The van der Waals surface area contributed by atoms with E-state index in [1.54, 1.807) is 12.1 Å². The number of nitrogens with two attached hydrogens (primary N) is 1. The van der Waals surface area contributed by atoms with Crippen LogP contribution in [0.4, 0.5) is 4.39 Å². The van der Waals surface area contributed by atoms with Crippen LogP contribution in [0.2, 0.25) is 0 Å². The zero-order valence-electron chi connectivity index (χ0n) is 11.4. The maximum atomic E-state index is 14.1. The van der Waals surface area contributed by atoms with Gasteiger partial charge >= 0.3 is 0 Å². The Morgan fingerprint density at radius 1 is 1.35 bits per heavy atom. The second kappa shape index (κ2) is 5.14. The van der Waals surface area contributed by atoms with Crippen LogP contribution in [0, 0.1) is 5.82 Å². The molecule has 1 aliphatic carbocycles.